The number of pyridine rings is 1. The van der Waals surface area contributed by atoms with Crippen molar-refractivity contribution < 1.29 is 9.90 Å². The van der Waals surface area contributed by atoms with Crippen LogP contribution in [0.5, 0.6) is 0 Å². The molecule has 2 aromatic rings. The Morgan fingerprint density at radius 1 is 1.37 bits per heavy atom. The van der Waals surface area contributed by atoms with Gasteiger partial charge in [-0.15, -0.1) is 0 Å². The number of aromatic nitrogens is 1. The highest BCUT2D eigenvalue weighted by atomic mass is 16.3. The summed E-state index contributed by atoms with van der Waals surface area (Å²) in [5, 5.41) is 13.4. The maximum absolute atomic E-state index is 11.8. The number of nitrogens with zero attached hydrogens (tertiary/aromatic N) is 1. The molecule has 1 aromatic carbocycles. The molecule has 100 valence electrons. The van der Waals surface area contributed by atoms with Crippen molar-refractivity contribution in [3.63, 3.8) is 0 Å². The number of aliphatic hydroxyl groups excluding tert-OH is 1. The van der Waals surface area contributed by atoms with Crippen molar-refractivity contribution in [2.45, 2.75) is 26.4 Å². The van der Waals surface area contributed by atoms with Gasteiger partial charge in [0.2, 0.25) is 5.91 Å². The number of carbonyl (C=O) groups is 1. The van der Waals surface area contributed by atoms with E-state index in [2.05, 4.69) is 10.3 Å². The molecule has 1 atom stereocenters. The van der Waals surface area contributed by atoms with Crippen LogP contribution in [0.1, 0.15) is 20.3 Å². The highest BCUT2D eigenvalue weighted by Crippen LogP contribution is 2.17. The van der Waals surface area contributed by atoms with Gasteiger partial charge in [-0.3, -0.25) is 9.78 Å². The second-order valence-electron chi connectivity index (χ2n) is 4.97. The van der Waals surface area contributed by atoms with E-state index in [1.807, 2.05) is 44.2 Å². The molecule has 2 N–H and O–H groups in total. The van der Waals surface area contributed by atoms with Crippen LogP contribution in [-0.2, 0) is 4.79 Å². The smallest absolute Gasteiger partial charge is 0.226 e. The lowest BCUT2D eigenvalue weighted by molar-refractivity contribution is -0.118. The monoisotopic (exact) mass is 258 g/mol. The molecular weight excluding hydrogens is 240 g/mol. The summed E-state index contributed by atoms with van der Waals surface area (Å²) in [4.78, 5) is 16.0. The molecule has 0 spiro atoms. The predicted molar refractivity (Wildman–Crippen MR) is 75.8 cm³/mol. The summed E-state index contributed by atoms with van der Waals surface area (Å²) in [5.41, 5.74) is 1.61. The number of amides is 1. The first-order valence-electron chi connectivity index (χ1n) is 6.39. The van der Waals surface area contributed by atoms with E-state index in [1.54, 1.807) is 6.20 Å². The Morgan fingerprint density at radius 2 is 2.16 bits per heavy atom. The molecule has 1 unspecified atom stereocenters. The molecule has 1 heterocycles. The van der Waals surface area contributed by atoms with E-state index in [9.17, 15) is 9.90 Å². The molecule has 0 saturated carbocycles. The standard InChI is InChI=1S/C15H18N2O2/c1-10(2)14(18)9-15(19)17-12-5-6-13-11(8-12)4-3-7-16-13/h3-8,10,14,18H,9H2,1-2H3,(H,17,19). The molecule has 0 bridgehead atoms. The van der Waals surface area contributed by atoms with Gasteiger partial charge in [0.05, 0.1) is 18.0 Å². The fourth-order valence-electron chi connectivity index (χ4n) is 1.79. The zero-order valence-electron chi connectivity index (χ0n) is 11.1. The van der Waals surface area contributed by atoms with E-state index in [4.69, 9.17) is 0 Å². The van der Waals surface area contributed by atoms with Crippen molar-refractivity contribution in [3.8, 4) is 0 Å². The fraction of sp³-hybridized carbons (Fsp3) is 0.333. The molecule has 0 saturated heterocycles. The lowest BCUT2D eigenvalue weighted by Gasteiger charge is -2.14. The molecule has 0 fully saturated rings. The number of hydrogen-bond acceptors (Lipinski definition) is 3. The van der Waals surface area contributed by atoms with Crippen LogP contribution in [0, 0.1) is 5.92 Å². The van der Waals surface area contributed by atoms with Gasteiger partial charge in [0, 0.05) is 17.3 Å². The van der Waals surface area contributed by atoms with Crippen molar-refractivity contribution in [2.75, 3.05) is 5.32 Å². The van der Waals surface area contributed by atoms with Gasteiger partial charge in [-0.1, -0.05) is 19.9 Å². The number of carbonyl (C=O) groups excluding carboxylic acids is 1. The first-order valence-corrected chi connectivity index (χ1v) is 6.39. The van der Waals surface area contributed by atoms with E-state index < -0.39 is 6.10 Å². The summed E-state index contributed by atoms with van der Waals surface area (Å²) in [5.74, 6) is -0.101. The number of fused-ring (bicyclic) bond motifs is 1. The predicted octanol–water partition coefficient (Wildman–Crippen LogP) is 2.58. The maximum atomic E-state index is 11.8. The van der Waals surface area contributed by atoms with Crippen LogP contribution in [0.4, 0.5) is 5.69 Å². The second-order valence-corrected chi connectivity index (χ2v) is 4.97. The normalized spacial score (nSPS) is 12.6. The summed E-state index contributed by atoms with van der Waals surface area (Å²) in [6.45, 7) is 3.78. The molecule has 0 radical (unpaired) electrons. The number of benzene rings is 1. The maximum Gasteiger partial charge on any atom is 0.226 e. The molecule has 4 heteroatoms. The summed E-state index contributed by atoms with van der Waals surface area (Å²) in [7, 11) is 0. The Bertz CT molecular complexity index is 581. The third kappa shape index (κ3) is 3.51. The van der Waals surface area contributed by atoms with Crippen LogP contribution in [0.3, 0.4) is 0 Å². The molecular formula is C15H18N2O2. The average Bonchev–Trinajstić information content (AvgIpc) is 2.38. The van der Waals surface area contributed by atoms with Gasteiger partial charge in [-0.2, -0.15) is 0 Å². The minimum Gasteiger partial charge on any atom is -0.392 e. The van der Waals surface area contributed by atoms with E-state index in [0.717, 1.165) is 16.6 Å². The van der Waals surface area contributed by atoms with Crippen LogP contribution < -0.4 is 5.32 Å². The van der Waals surface area contributed by atoms with Gasteiger partial charge in [-0.25, -0.2) is 0 Å². The highest BCUT2D eigenvalue weighted by molar-refractivity contribution is 5.93. The molecule has 4 nitrogen and oxygen atoms in total. The molecule has 0 aliphatic rings. The second kappa shape index (κ2) is 5.80. The molecule has 0 aliphatic heterocycles. The molecule has 19 heavy (non-hydrogen) atoms. The number of nitrogens with one attached hydrogen (secondary N) is 1. The van der Waals surface area contributed by atoms with Crippen LogP contribution in [0.2, 0.25) is 0 Å². The van der Waals surface area contributed by atoms with E-state index in [-0.39, 0.29) is 18.2 Å². The number of hydrogen-bond donors (Lipinski definition) is 2. The summed E-state index contributed by atoms with van der Waals surface area (Å²) in [6.07, 6.45) is 1.24. The molecule has 0 aliphatic carbocycles. The lowest BCUT2D eigenvalue weighted by atomic mass is 10.0. The topological polar surface area (TPSA) is 62.2 Å². The summed E-state index contributed by atoms with van der Waals surface area (Å²) < 4.78 is 0. The van der Waals surface area contributed by atoms with Crippen LogP contribution in [0.15, 0.2) is 36.5 Å². The van der Waals surface area contributed by atoms with Crippen molar-refractivity contribution in [1.29, 1.82) is 0 Å². The Balaban J connectivity index is 2.07. The van der Waals surface area contributed by atoms with Gasteiger partial charge < -0.3 is 10.4 Å². The molecule has 1 amide bonds. The fourth-order valence-corrected chi connectivity index (χ4v) is 1.79. The highest BCUT2D eigenvalue weighted by Gasteiger charge is 2.14. The Labute approximate surface area is 112 Å². The Kier molecular flexibility index (Phi) is 4.12. The number of aliphatic hydroxyl groups is 1. The lowest BCUT2D eigenvalue weighted by Crippen LogP contribution is -2.23. The third-order valence-corrected chi connectivity index (χ3v) is 3.05. The van der Waals surface area contributed by atoms with Crippen molar-refractivity contribution in [3.05, 3.63) is 36.5 Å². The zero-order chi connectivity index (χ0) is 13.8. The third-order valence-electron chi connectivity index (χ3n) is 3.05. The SMILES string of the molecule is CC(C)C(O)CC(=O)Nc1ccc2ncccc2c1. The van der Waals surface area contributed by atoms with Crippen molar-refractivity contribution in [2.24, 2.45) is 5.92 Å². The summed E-state index contributed by atoms with van der Waals surface area (Å²) >= 11 is 0. The Hall–Kier alpha value is -1.94. The quantitative estimate of drug-likeness (QED) is 0.886. The minimum atomic E-state index is -0.609. The summed E-state index contributed by atoms with van der Waals surface area (Å²) in [6, 6.07) is 9.36. The molecule has 2 rings (SSSR count). The van der Waals surface area contributed by atoms with Gasteiger partial charge in [0.1, 0.15) is 0 Å². The zero-order valence-corrected chi connectivity index (χ0v) is 11.1. The van der Waals surface area contributed by atoms with Crippen molar-refractivity contribution in [1.82, 2.24) is 4.98 Å². The van der Waals surface area contributed by atoms with Crippen molar-refractivity contribution >= 4 is 22.5 Å². The van der Waals surface area contributed by atoms with Gasteiger partial charge >= 0.3 is 0 Å². The first kappa shape index (κ1) is 13.5. The first-order chi connectivity index (χ1) is 9.06. The van der Waals surface area contributed by atoms with Gasteiger partial charge in [0.15, 0.2) is 0 Å². The number of anilines is 1. The van der Waals surface area contributed by atoms with E-state index in [1.165, 1.54) is 0 Å². The Morgan fingerprint density at radius 3 is 2.89 bits per heavy atom. The minimum absolute atomic E-state index is 0.0755. The number of rotatable bonds is 4. The van der Waals surface area contributed by atoms with Gasteiger partial charge in [-0.05, 0) is 30.2 Å². The van der Waals surface area contributed by atoms with E-state index in [0.29, 0.717) is 0 Å². The van der Waals surface area contributed by atoms with Crippen LogP contribution in [-0.4, -0.2) is 22.1 Å². The molecule has 1 aromatic heterocycles. The largest absolute Gasteiger partial charge is 0.392 e. The van der Waals surface area contributed by atoms with Crippen LogP contribution >= 0.6 is 0 Å². The van der Waals surface area contributed by atoms with Gasteiger partial charge in [0.25, 0.3) is 0 Å². The average molecular weight is 258 g/mol. The van der Waals surface area contributed by atoms with Crippen LogP contribution in [0.25, 0.3) is 10.9 Å². The van der Waals surface area contributed by atoms with E-state index >= 15 is 0 Å².